The number of esters is 1. The maximum absolute atomic E-state index is 12.6. The molecule has 0 N–H and O–H groups in total. The zero-order valence-electron chi connectivity index (χ0n) is 10.3. The van der Waals surface area contributed by atoms with Crippen molar-refractivity contribution >= 4 is 33.7 Å². The lowest BCUT2D eigenvalue weighted by Gasteiger charge is -2.14. The Balaban J connectivity index is 3.41. The van der Waals surface area contributed by atoms with Crippen LogP contribution in [0.1, 0.15) is 28.4 Å². The Hall–Kier alpha value is -1.20. The normalized spacial score (nSPS) is 11.0. The minimum absolute atomic E-state index is 0.00901. The van der Waals surface area contributed by atoms with Crippen molar-refractivity contribution in [3.05, 3.63) is 28.8 Å². The summed E-state index contributed by atoms with van der Waals surface area (Å²) in [6.07, 6.45) is 0. The summed E-state index contributed by atoms with van der Waals surface area (Å²) in [4.78, 5) is 11.4. The quantitative estimate of drug-likeness (QED) is 0.453. The van der Waals surface area contributed by atoms with Gasteiger partial charge in [0.25, 0.3) is 0 Å². The van der Waals surface area contributed by atoms with E-state index in [1.165, 1.54) is 12.1 Å². The molecule has 8 heteroatoms. The van der Waals surface area contributed by atoms with Crippen molar-refractivity contribution in [2.75, 3.05) is 6.61 Å². The first kappa shape index (κ1) is 16.9. The maximum Gasteiger partial charge on any atom is 0.446 e. The Morgan fingerprint density at radius 2 is 2.15 bits per heavy atom. The smallest absolute Gasteiger partial charge is 0.446 e. The number of hydrogen-bond acceptors (Lipinski definition) is 4. The third kappa shape index (κ3) is 4.15. The summed E-state index contributed by atoms with van der Waals surface area (Å²) in [6.45, 7) is 1.71. The Morgan fingerprint density at radius 1 is 1.50 bits per heavy atom. The van der Waals surface area contributed by atoms with Gasteiger partial charge in [0.15, 0.2) is 0 Å². The Kier molecular flexibility index (Phi) is 5.89. The molecule has 1 aromatic carbocycles. The summed E-state index contributed by atoms with van der Waals surface area (Å²) >= 11 is 2.64. The van der Waals surface area contributed by atoms with Gasteiger partial charge in [-0.1, -0.05) is 15.9 Å². The minimum atomic E-state index is -4.55. The number of rotatable bonds is 4. The van der Waals surface area contributed by atoms with Gasteiger partial charge in [-0.15, -0.1) is 0 Å². The van der Waals surface area contributed by atoms with E-state index < -0.39 is 23.2 Å². The highest BCUT2D eigenvalue weighted by Crippen LogP contribution is 2.42. The molecule has 0 fully saturated rings. The standard InChI is InChI=1S/C12H9BrF3NO2S/c1-2-19-11(18)8-4-3-7(6-17)10(9(8)5-13)20-12(14,15)16/h3-4H,2,5H2,1H3. The Morgan fingerprint density at radius 3 is 2.60 bits per heavy atom. The predicted molar refractivity (Wildman–Crippen MR) is 71.7 cm³/mol. The van der Waals surface area contributed by atoms with Gasteiger partial charge in [-0.3, -0.25) is 0 Å². The van der Waals surface area contributed by atoms with E-state index in [1.54, 1.807) is 13.0 Å². The van der Waals surface area contributed by atoms with Crippen LogP contribution in [0.15, 0.2) is 17.0 Å². The minimum Gasteiger partial charge on any atom is -0.462 e. The molecule has 0 bridgehead atoms. The molecule has 0 aliphatic carbocycles. The average Bonchev–Trinajstić information content (AvgIpc) is 2.36. The lowest BCUT2D eigenvalue weighted by molar-refractivity contribution is -0.0328. The fourth-order valence-corrected chi connectivity index (χ4v) is 3.01. The van der Waals surface area contributed by atoms with Gasteiger partial charge in [0.2, 0.25) is 0 Å². The number of hydrogen-bond donors (Lipinski definition) is 0. The molecule has 0 aromatic heterocycles. The fourth-order valence-electron chi connectivity index (χ4n) is 1.48. The van der Waals surface area contributed by atoms with E-state index >= 15 is 0 Å². The van der Waals surface area contributed by atoms with E-state index in [0.717, 1.165) is 0 Å². The van der Waals surface area contributed by atoms with E-state index in [1.807, 2.05) is 0 Å². The van der Waals surface area contributed by atoms with Crippen LogP contribution >= 0.6 is 27.7 Å². The third-order valence-corrected chi connectivity index (χ3v) is 3.69. The van der Waals surface area contributed by atoms with Gasteiger partial charge in [-0.25, -0.2) is 4.79 Å². The summed E-state index contributed by atoms with van der Waals surface area (Å²) in [5.74, 6) is -0.713. The molecule has 0 heterocycles. The van der Waals surface area contributed by atoms with Crippen LogP contribution in [0.2, 0.25) is 0 Å². The van der Waals surface area contributed by atoms with Gasteiger partial charge in [-0.2, -0.15) is 18.4 Å². The van der Waals surface area contributed by atoms with E-state index in [0.29, 0.717) is 0 Å². The molecule has 0 amide bonds. The van der Waals surface area contributed by atoms with E-state index in [2.05, 4.69) is 15.9 Å². The molecular weight excluding hydrogens is 359 g/mol. The second-order valence-electron chi connectivity index (χ2n) is 3.48. The highest BCUT2D eigenvalue weighted by Gasteiger charge is 2.33. The third-order valence-electron chi connectivity index (χ3n) is 2.23. The van der Waals surface area contributed by atoms with Crippen molar-refractivity contribution in [3.63, 3.8) is 0 Å². The first-order valence-corrected chi connectivity index (χ1v) is 7.32. The number of nitriles is 1. The molecule has 0 atom stereocenters. The Bertz CT molecular complexity index is 555. The van der Waals surface area contributed by atoms with E-state index in [9.17, 15) is 18.0 Å². The van der Waals surface area contributed by atoms with Gasteiger partial charge in [0.05, 0.1) is 17.7 Å². The van der Waals surface area contributed by atoms with Gasteiger partial charge in [0.1, 0.15) is 6.07 Å². The first-order chi connectivity index (χ1) is 9.34. The maximum atomic E-state index is 12.6. The fraction of sp³-hybridized carbons (Fsp3) is 0.333. The number of carbonyl (C=O) groups is 1. The van der Waals surface area contributed by atoms with Crippen molar-refractivity contribution in [1.82, 2.24) is 0 Å². The molecule has 108 valence electrons. The average molecular weight is 368 g/mol. The number of halogens is 4. The molecule has 0 aliphatic heterocycles. The second kappa shape index (κ2) is 6.99. The van der Waals surface area contributed by atoms with Gasteiger partial charge in [-0.05, 0) is 36.4 Å². The number of carbonyl (C=O) groups excluding carboxylic acids is 1. The van der Waals surface area contributed by atoms with Crippen LogP contribution < -0.4 is 0 Å². The highest BCUT2D eigenvalue weighted by atomic mass is 79.9. The van der Waals surface area contributed by atoms with Crippen LogP contribution in [0.25, 0.3) is 0 Å². The lowest BCUT2D eigenvalue weighted by Crippen LogP contribution is -2.10. The number of ether oxygens (including phenoxy) is 1. The molecule has 0 saturated heterocycles. The largest absolute Gasteiger partial charge is 0.462 e. The van der Waals surface area contributed by atoms with Gasteiger partial charge in [0, 0.05) is 10.2 Å². The van der Waals surface area contributed by atoms with Crippen LogP contribution in [-0.2, 0) is 10.1 Å². The van der Waals surface area contributed by atoms with Crippen molar-refractivity contribution in [1.29, 1.82) is 5.26 Å². The number of nitrogens with zero attached hydrogens (tertiary/aromatic N) is 1. The molecule has 0 saturated carbocycles. The molecule has 0 aliphatic rings. The van der Waals surface area contributed by atoms with Crippen molar-refractivity contribution in [2.24, 2.45) is 0 Å². The van der Waals surface area contributed by atoms with E-state index in [4.69, 9.17) is 10.00 Å². The zero-order valence-corrected chi connectivity index (χ0v) is 12.7. The predicted octanol–water partition coefficient (Wildman–Crippen LogP) is 4.24. The molecule has 3 nitrogen and oxygen atoms in total. The van der Waals surface area contributed by atoms with Crippen LogP contribution in [0.3, 0.4) is 0 Å². The van der Waals surface area contributed by atoms with Crippen LogP contribution in [0.4, 0.5) is 13.2 Å². The number of thioether (sulfide) groups is 1. The first-order valence-electron chi connectivity index (χ1n) is 5.38. The summed E-state index contributed by atoms with van der Waals surface area (Å²) in [5, 5.41) is 8.91. The Labute approximate surface area is 126 Å². The van der Waals surface area contributed by atoms with Crippen LogP contribution in [-0.4, -0.2) is 18.1 Å². The van der Waals surface area contributed by atoms with Gasteiger partial charge >= 0.3 is 11.5 Å². The molecule has 0 radical (unpaired) electrons. The van der Waals surface area contributed by atoms with Crippen molar-refractivity contribution in [3.8, 4) is 6.07 Å². The highest BCUT2D eigenvalue weighted by molar-refractivity contribution is 9.08. The molecule has 1 rings (SSSR count). The number of benzene rings is 1. The molecule has 1 aromatic rings. The number of alkyl halides is 4. The van der Waals surface area contributed by atoms with Crippen LogP contribution in [0, 0.1) is 11.3 Å². The molecular formula is C12H9BrF3NO2S. The second-order valence-corrected chi connectivity index (χ2v) is 5.12. The van der Waals surface area contributed by atoms with Gasteiger partial charge < -0.3 is 4.74 Å². The summed E-state index contributed by atoms with van der Waals surface area (Å²) < 4.78 is 42.5. The topological polar surface area (TPSA) is 50.1 Å². The molecule has 0 spiro atoms. The zero-order chi connectivity index (χ0) is 15.3. The summed E-state index contributed by atoms with van der Waals surface area (Å²) in [5.41, 5.74) is -4.55. The van der Waals surface area contributed by atoms with Crippen molar-refractivity contribution < 1.29 is 22.7 Å². The summed E-state index contributed by atoms with van der Waals surface area (Å²) in [7, 11) is 0. The monoisotopic (exact) mass is 367 g/mol. The van der Waals surface area contributed by atoms with Crippen molar-refractivity contribution in [2.45, 2.75) is 22.7 Å². The lowest BCUT2D eigenvalue weighted by atomic mass is 10.1. The molecule has 20 heavy (non-hydrogen) atoms. The SMILES string of the molecule is CCOC(=O)c1ccc(C#N)c(SC(F)(F)F)c1CBr. The molecule has 0 unspecified atom stereocenters. The van der Waals surface area contributed by atoms with Crippen LogP contribution in [0.5, 0.6) is 0 Å². The van der Waals surface area contributed by atoms with E-state index in [-0.39, 0.29) is 33.5 Å². The summed E-state index contributed by atoms with van der Waals surface area (Å²) in [6, 6.07) is 4.18.